The molecule has 4 heteroatoms. The van der Waals surface area contributed by atoms with Crippen LogP contribution >= 0.6 is 0 Å². The minimum absolute atomic E-state index is 0.0209. The van der Waals surface area contributed by atoms with Crippen molar-refractivity contribution >= 4 is 0 Å². The Balaban J connectivity index is 1.86. The fourth-order valence-electron chi connectivity index (χ4n) is 2.39. The first-order chi connectivity index (χ1) is 8.88. The Morgan fingerprint density at radius 1 is 1.33 bits per heavy atom. The zero-order valence-electron chi connectivity index (χ0n) is 10.1. The van der Waals surface area contributed by atoms with E-state index in [1.54, 1.807) is 0 Å². The van der Waals surface area contributed by atoms with Crippen LogP contribution < -0.4 is 0 Å². The van der Waals surface area contributed by atoms with E-state index in [2.05, 4.69) is 5.10 Å². The van der Waals surface area contributed by atoms with E-state index in [0.717, 1.165) is 17.7 Å². The fourth-order valence-corrected chi connectivity index (χ4v) is 2.39. The van der Waals surface area contributed by atoms with Crippen molar-refractivity contribution in [3.05, 3.63) is 48.3 Å². The van der Waals surface area contributed by atoms with Gasteiger partial charge in [0, 0.05) is 30.9 Å². The molecule has 0 amide bonds. The van der Waals surface area contributed by atoms with Crippen molar-refractivity contribution in [3.63, 3.8) is 0 Å². The van der Waals surface area contributed by atoms with Gasteiger partial charge >= 0.3 is 0 Å². The van der Waals surface area contributed by atoms with Gasteiger partial charge < -0.3 is 9.84 Å². The summed E-state index contributed by atoms with van der Waals surface area (Å²) in [6.45, 7) is 0.883. The highest BCUT2D eigenvalue weighted by atomic mass is 16.5. The number of rotatable bonds is 3. The third-order valence-corrected chi connectivity index (χ3v) is 3.40. The number of para-hydroxylation sites is 1. The summed E-state index contributed by atoms with van der Waals surface area (Å²) in [5.74, 6) is 0.193. The van der Waals surface area contributed by atoms with Gasteiger partial charge in [-0.1, -0.05) is 18.2 Å². The fraction of sp³-hybridized carbons (Fsp3) is 0.357. The number of hydrogen-bond donors (Lipinski definition) is 1. The second-order valence-electron chi connectivity index (χ2n) is 4.58. The first kappa shape index (κ1) is 11.4. The topological polar surface area (TPSA) is 47.3 Å². The summed E-state index contributed by atoms with van der Waals surface area (Å²) < 4.78 is 7.52. The average Bonchev–Trinajstić information content (AvgIpc) is 3.08. The van der Waals surface area contributed by atoms with E-state index < -0.39 is 0 Å². The summed E-state index contributed by atoms with van der Waals surface area (Å²) in [5, 5.41) is 13.7. The van der Waals surface area contributed by atoms with Crippen molar-refractivity contribution in [3.8, 4) is 5.69 Å². The second-order valence-corrected chi connectivity index (χ2v) is 4.58. The molecule has 18 heavy (non-hydrogen) atoms. The minimum atomic E-state index is -0.0209. The Hall–Kier alpha value is -1.65. The van der Waals surface area contributed by atoms with Crippen LogP contribution in [0.4, 0.5) is 0 Å². The maximum Gasteiger partial charge on any atom is 0.0906 e. The molecular weight excluding hydrogens is 228 g/mol. The van der Waals surface area contributed by atoms with Crippen molar-refractivity contribution in [1.29, 1.82) is 0 Å². The van der Waals surface area contributed by atoms with Crippen molar-refractivity contribution in [2.24, 2.45) is 5.92 Å². The molecule has 0 radical (unpaired) electrons. The Morgan fingerprint density at radius 3 is 2.94 bits per heavy atom. The Bertz CT molecular complexity index is 510. The molecule has 2 aromatic rings. The maximum atomic E-state index is 9.31. The third-order valence-electron chi connectivity index (χ3n) is 3.40. The molecule has 2 heterocycles. The van der Waals surface area contributed by atoms with Gasteiger partial charge in [0.2, 0.25) is 0 Å². The first-order valence-electron chi connectivity index (χ1n) is 6.21. The van der Waals surface area contributed by atoms with Crippen LogP contribution in [0.15, 0.2) is 42.7 Å². The second kappa shape index (κ2) is 4.92. The quantitative estimate of drug-likeness (QED) is 0.897. The van der Waals surface area contributed by atoms with Gasteiger partial charge in [-0.25, -0.2) is 4.68 Å². The van der Waals surface area contributed by atoms with Gasteiger partial charge in [0.25, 0.3) is 0 Å². The molecule has 1 saturated heterocycles. The van der Waals surface area contributed by atoms with Crippen molar-refractivity contribution < 1.29 is 9.84 Å². The molecule has 2 unspecified atom stereocenters. The molecule has 3 rings (SSSR count). The van der Waals surface area contributed by atoms with E-state index in [1.807, 2.05) is 47.4 Å². The molecule has 1 aromatic heterocycles. The zero-order chi connectivity index (χ0) is 12.4. The van der Waals surface area contributed by atoms with Crippen LogP contribution in [0, 0.1) is 5.92 Å². The highest BCUT2D eigenvalue weighted by Crippen LogP contribution is 2.34. The van der Waals surface area contributed by atoms with Crippen LogP contribution in [0.5, 0.6) is 0 Å². The van der Waals surface area contributed by atoms with Gasteiger partial charge in [-0.2, -0.15) is 5.10 Å². The van der Waals surface area contributed by atoms with Crippen LogP contribution in [0.25, 0.3) is 5.69 Å². The lowest BCUT2D eigenvalue weighted by Gasteiger charge is -2.13. The van der Waals surface area contributed by atoms with Crippen LogP contribution in [-0.4, -0.2) is 28.1 Å². The third kappa shape index (κ3) is 2.05. The van der Waals surface area contributed by atoms with Crippen LogP contribution in [-0.2, 0) is 4.74 Å². The molecule has 4 nitrogen and oxygen atoms in total. The molecule has 1 fully saturated rings. The van der Waals surface area contributed by atoms with Gasteiger partial charge in [-0.15, -0.1) is 0 Å². The minimum Gasteiger partial charge on any atom is -0.396 e. The summed E-state index contributed by atoms with van der Waals surface area (Å²) >= 11 is 0. The van der Waals surface area contributed by atoms with Crippen molar-refractivity contribution in [2.45, 2.75) is 12.5 Å². The number of nitrogens with zero attached hydrogens (tertiary/aromatic N) is 2. The number of benzene rings is 1. The van der Waals surface area contributed by atoms with E-state index in [4.69, 9.17) is 4.74 Å². The zero-order valence-corrected chi connectivity index (χ0v) is 10.1. The summed E-state index contributed by atoms with van der Waals surface area (Å²) in [6, 6.07) is 9.97. The van der Waals surface area contributed by atoms with Crippen LogP contribution in [0.1, 0.15) is 18.1 Å². The summed E-state index contributed by atoms with van der Waals surface area (Å²) in [6.07, 6.45) is 4.70. The maximum absolute atomic E-state index is 9.31. The first-order valence-corrected chi connectivity index (χ1v) is 6.21. The van der Waals surface area contributed by atoms with E-state index >= 15 is 0 Å². The molecule has 0 bridgehead atoms. The van der Waals surface area contributed by atoms with Gasteiger partial charge in [0.15, 0.2) is 0 Å². The molecule has 1 aromatic carbocycles. The molecule has 0 aliphatic carbocycles. The Kier molecular flexibility index (Phi) is 3.13. The number of aliphatic hydroxyl groups is 1. The van der Waals surface area contributed by atoms with E-state index in [0.29, 0.717) is 6.61 Å². The SMILES string of the molecule is OCC1CCOC1c1cnn(-c2ccccc2)c1. The van der Waals surface area contributed by atoms with Crippen LogP contribution in [0.3, 0.4) is 0 Å². The smallest absolute Gasteiger partial charge is 0.0906 e. The summed E-state index contributed by atoms with van der Waals surface area (Å²) in [4.78, 5) is 0. The lowest BCUT2D eigenvalue weighted by molar-refractivity contribution is 0.0720. The van der Waals surface area contributed by atoms with E-state index in [9.17, 15) is 5.11 Å². The molecule has 2 atom stereocenters. The predicted molar refractivity (Wildman–Crippen MR) is 67.4 cm³/mol. The van der Waals surface area contributed by atoms with Crippen molar-refractivity contribution in [2.75, 3.05) is 13.2 Å². The highest BCUT2D eigenvalue weighted by Gasteiger charge is 2.30. The largest absolute Gasteiger partial charge is 0.396 e. The Morgan fingerprint density at radius 2 is 2.17 bits per heavy atom. The lowest BCUT2D eigenvalue weighted by atomic mass is 9.99. The highest BCUT2D eigenvalue weighted by molar-refractivity contribution is 5.31. The monoisotopic (exact) mass is 244 g/mol. The number of aliphatic hydroxyl groups excluding tert-OH is 1. The van der Waals surface area contributed by atoms with Gasteiger partial charge in [0.05, 0.1) is 18.0 Å². The number of hydrogen-bond acceptors (Lipinski definition) is 3. The molecule has 1 aliphatic rings. The molecule has 1 aliphatic heterocycles. The average molecular weight is 244 g/mol. The predicted octanol–water partition coefficient (Wildman–Crippen LogP) is 1.94. The normalized spacial score (nSPS) is 23.4. The molecule has 1 N–H and O–H groups in total. The van der Waals surface area contributed by atoms with E-state index in [1.165, 1.54) is 0 Å². The van der Waals surface area contributed by atoms with Crippen LogP contribution in [0.2, 0.25) is 0 Å². The standard InChI is InChI=1S/C14H16N2O2/c17-10-11-6-7-18-14(11)12-8-15-16(9-12)13-4-2-1-3-5-13/h1-5,8-9,11,14,17H,6-7,10H2. The molecule has 0 saturated carbocycles. The van der Waals surface area contributed by atoms with E-state index in [-0.39, 0.29) is 18.6 Å². The number of aromatic nitrogens is 2. The molecule has 0 spiro atoms. The Labute approximate surface area is 106 Å². The van der Waals surface area contributed by atoms with Crippen molar-refractivity contribution in [1.82, 2.24) is 9.78 Å². The van der Waals surface area contributed by atoms with Gasteiger partial charge in [-0.05, 0) is 18.6 Å². The van der Waals surface area contributed by atoms with Gasteiger partial charge in [0.1, 0.15) is 0 Å². The summed E-state index contributed by atoms with van der Waals surface area (Å²) in [5.41, 5.74) is 2.07. The molecular formula is C14H16N2O2. The lowest BCUT2D eigenvalue weighted by Crippen LogP contribution is -2.10. The molecule has 94 valence electrons. The van der Waals surface area contributed by atoms with Gasteiger partial charge in [-0.3, -0.25) is 0 Å². The summed E-state index contributed by atoms with van der Waals surface area (Å²) in [7, 11) is 0. The number of ether oxygens (including phenoxy) is 1.